The summed E-state index contributed by atoms with van der Waals surface area (Å²) in [6.45, 7) is 1.68. The van der Waals surface area contributed by atoms with Crippen LogP contribution < -0.4 is 0 Å². The van der Waals surface area contributed by atoms with Crippen LogP contribution >= 0.6 is 0 Å². The van der Waals surface area contributed by atoms with Gasteiger partial charge in [-0.15, -0.1) is 0 Å². The summed E-state index contributed by atoms with van der Waals surface area (Å²) in [5.41, 5.74) is 1.96. The van der Waals surface area contributed by atoms with Crippen molar-refractivity contribution in [2.75, 3.05) is 5.75 Å². The summed E-state index contributed by atoms with van der Waals surface area (Å²) in [5, 5.41) is 1.03. The van der Waals surface area contributed by atoms with E-state index in [9.17, 15) is 8.42 Å². The van der Waals surface area contributed by atoms with Gasteiger partial charge in [0.1, 0.15) is 0 Å². The number of hydrogen-bond acceptors (Lipinski definition) is 2. The van der Waals surface area contributed by atoms with Gasteiger partial charge in [-0.25, -0.2) is 8.42 Å². The van der Waals surface area contributed by atoms with Gasteiger partial charge in [-0.3, -0.25) is 0 Å². The Labute approximate surface area is 95.6 Å². The number of hydrogen-bond donors (Lipinski definition) is 0. The number of rotatable bonds is 3. The average molecular weight is 237 g/mol. The maximum absolute atomic E-state index is 11.6. The molecule has 0 spiro atoms. The second-order valence-electron chi connectivity index (χ2n) is 3.96. The fourth-order valence-electron chi connectivity index (χ4n) is 1.88. The van der Waals surface area contributed by atoms with E-state index in [0.29, 0.717) is 0 Å². The number of sulfone groups is 1. The summed E-state index contributed by atoms with van der Waals surface area (Å²) < 4.78 is 25.2. The Morgan fingerprint density at radius 2 is 1.94 bits per heavy atom. The summed E-state index contributed by atoms with van der Waals surface area (Å²) >= 11 is 0. The van der Waals surface area contributed by atoms with E-state index in [-0.39, 0.29) is 11.5 Å². The van der Waals surface area contributed by atoms with Crippen molar-refractivity contribution in [2.24, 2.45) is 7.05 Å². The van der Waals surface area contributed by atoms with Crippen LogP contribution in [0, 0.1) is 0 Å². The minimum absolute atomic E-state index is 0.130. The van der Waals surface area contributed by atoms with Crippen LogP contribution in [0.3, 0.4) is 0 Å². The number of para-hydroxylation sites is 1. The van der Waals surface area contributed by atoms with E-state index in [2.05, 4.69) is 0 Å². The maximum Gasteiger partial charge on any atom is 0.154 e. The van der Waals surface area contributed by atoms with Crippen LogP contribution in [-0.2, 0) is 22.6 Å². The molecule has 0 atom stereocenters. The molecule has 0 bridgehead atoms. The first-order valence-electron chi connectivity index (χ1n) is 5.27. The van der Waals surface area contributed by atoms with Gasteiger partial charge in [-0.2, -0.15) is 0 Å². The topological polar surface area (TPSA) is 39.1 Å². The van der Waals surface area contributed by atoms with Crippen molar-refractivity contribution in [3.05, 3.63) is 36.0 Å². The first-order valence-corrected chi connectivity index (χ1v) is 7.09. The molecule has 0 radical (unpaired) electrons. The Morgan fingerprint density at radius 3 is 2.62 bits per heavy atom. The number of nitrogens with zero attached hydrogens (tertiary/aromatic N) is 1. The maximum atomic E-state index is 11.6. The summed E-state index contributed by atoms with van der Waals surface area (Å²) in [4.78, 5) is 0. The molecular weight excluding hydrogens is 222 g/mol. The third kappa shape index (κ3) is 1.97. The lowest BCUT2D eigenvalue weighted by Gasteiger charge is -1.99. The van der Waals surface area contributed by atoms with Crippen molar-refractivity contribution in [1.29, 1.82) is 0 Å². The zero-order valence-corrected chi connectivity index (χ0v) is 10.3. The quantitative estimate of drug-likeness (QED) is 0.820. The summed E-state index contributed by atoms with van der Waals surface area (Å²) in [6, 6.07) is 7.86. The van der Waals surface area contributed by atoms with E-state index in [4.69, 9.17) is 0 Å². The number of aromatic nitrogens is 1. The van der Waals surface area contributed by atoms with E-state index in [1.54, 1.807) is 6.92 Å². The van der Waals surface area contributed by atoms with Gasteiger partial charge in [-0.05, 0) is 11.6 Å². The number of benzene rings is 1. The van der Waals surface area contributed by atoms with Gasteiger partial charge in [0, 0.05) is 29.9 Å². The minimum atomic E-state index is -2.96. The smallest absolute Gasteiger partial charge is 0.154 e. The molecule has 16 heavy (non-hydrogen) atoms. The fourth-order valence-corrected chi connectivity index (χ4v) is 2.79. The van der Waals surface area contributed by atoms with E-state index in [1.807, 2.05) is 42.1 Å². The molecule has 1 heterocycles. The van der Waals surface area contributed by atoms with Gasteiger partial charge < -0.3 is 4.57 Å². The van der Waals surface area contributed by atoms with E-state index >= 15 is 0 Å². The van der Waals surface area contributed by atoms with Gasteiger partial charge in [-0.1, -0.05) is 25.1 Å². The molecule has 1 aromatic heterocycles. The highest BCUT2D eigenvalue weighted by Crippen LogP contribution is 2.22. The van der Waals surface area contributed by atoms with Crippen molar-refractivity contribution in [2.45, 2.75) is 12.7 Å². The van der Waals surface area contributed by atoms with Crippen LogP contribution in [-0.4, -0.2) is 18.7 Å². The van der Waals surface area contributed by atoms with Crippen molar-refractivity contribution in [3.63, 3.8) is 0 Å². The molecule has 0 aliphatic rings. The molecule has 0 saturated heterocycles. The van der Waals surface area contributed by atoms with Gasteiger partial charge in [0.2, 0.25) is 0 Å². The zero-order valence-electron chi connectivity index (χ0n) is 9.47. The molecule has 0 aliphatic heterocycles. The fraction of sp³-hybridized carbons (Fsp3) is 0.333. The normalized spacial score (nSPS) is 12.1. The molecule has 0 unspecified atom stereocenters. The lowest BCUT2D eigenvalue weighted by atomic mass is 10.2. The van der Waals surface area contributed by atoms with Gasteiger partial charge in [0.25, 0.3) is 0 Å². The second kappa shape index (κ2) is 3.94. The highest BCUT2D eigenvalue weighted by Gasteiger charge is 2.13. The van der Waals surface area contributed by atoms with Crippen LogP contribution in [0.25, 0.3) is 10.9 Å². The SMILES string of the molecule is CCS(=O)(=O)Cc1cn(C)c2ccccc12. The highest BCUT2D eigenvalue weighted by atomic mass is 32.2. The Balaban J connectivity index is 2.54. The number of aryl methyl sites for hydroxylation is 1. The number of fused-ring (bicyclic) bond motifs is 1. The van der Waals surface area contributed by atoms with Crippen molar-refractivity contribution in [1.82, 2.24) is 4.57 Å². The monoisotopic (exact) mass is 237 g/mol. The Bertz CT molecular complexity index is 611. The lowest BCUT2D eigenvalue weighted by Crippen LogP contribution is -2.06. The van der Waals surface area contributed by atoms with Crippen molar-refractivity contribution >= 4 is 20.7 Å². The Morgan fingerprint density at radius 1 is 1.25 bits per heavy atom. The largest absolute Gasteiger partial charge is 0.350 e. The molecule has 0 fully saturated rings. The lowest BCUT2D eigenvalue weighted by molar-refractivity contribution is 0.596. The molecule has 3 nitrogen and oxygen atoms in total. The molecule has 4 heteroatoms. The molecule has 0 amide bonds. The van der Waals surface area contributed by atoms with E-state index < -0.39 is 9.84 Å². The first kappa shape index (κ1) is 11.2. The van der Waals surface area contributed by atoms with E-state index in [0.717, 1.165) is 16.5 Å². The summed E-state index contributed by atoms with van der Waals surface area (Å²) in [7, 11) is -1.03. The van der Waals surface area contributed by atoms with Crippen LogP contribution in [0.15, 0.2) is 30.5 Å². The van der Waals surface area contributed by atoms with Crippen LogP contribution in [0.4, 0.5) is 0 Å². The predicted octanol–water partition coefficient (Wildman–Crippen LogP) is 2.11. The van der Waals surface area contributed by atoms with Gasteiger partial charge >= 0.3 is 0 Å². The second-order valence-corrected chi connectivity index (χ2v) is 6.31. The molecule has 86 valence electrons. The molecule has 0 saturated carbocycles. The molecular formula is C12H15NO2S. The van der Waals surface area contributed by atoms with Crippen LogP contribution in [0.5, 0.6) is 0 Å². The molecule has 1 aromatic carbocycles. The van der Waals surface area contributed by atoms with Crippen LogP contribution in [0.2, 0.25) is 0 Å². The summed E-state index contributed by atoms with van der Waals surface area (Å²) in [5.74, 6) is 0.321. The third-order valence-corrected chi connectivity index (χ3v) is 4.43. The molecule has 0 aliphatic carbocycles. The average Bonchev–Trinajstić information content (AvgIpc) is 2.56. The molecule has 2 aromatic rings. The van der Waals surface area contributed by atoms with Crippen molar-refractivity contribution in [3.8, 4) is 0 Å². The van der Waals surface area contributed by atoms with Gasteiger partial charge in [0.05, 0.1) is 5.75 Å². The minimum Gasteiger partial charge on any atom is -0.350 e. The Kier molecular flexibility index (Phi) is 2.76. The predicted molar refractivity (Wildman–Crippen MR) is 66.1 cm³/mol. The van der Waals surface area contributed by atoms with E-state index in [1.165, 1.54) is 0 Å². The first-order chi connectivity index (χ1) is 7.53. The standard InChI is InChI=1S/C12H15NO2S/c1-3-16(14,15)9-10-8-13(2)12-7-5-4-6-11(10)12/h4-8H,3,9H2,1-2H3. The van der Waals surface area contributed by atoms with Crippen molar-refractivity contribution < 1.29 is 8.42 Å². The third-order valence-electron chi connectivity index (χ3n) is 2.79. The summed E-state index contributed by atoms with van der Waals surface area (Å²) in [6.07, 6.45) is 1.90. The van der Waals surface area contributed by atoms with Gasteiger partial charge in [0.15, 0.2) is 9.84 Å². The highest BCUT2D eigenvalue weighted by molar-refractivity contribution is 7.90. The molecule has 0 N–H and O–H groups in total. The zero-order chi connectivity index (χ0) is 11.8. The van der Waals surface area contributed by atoms with Crippen LogP contribution in [0.1, 0.15) is 12.5 Å². The molecule has 2 rings (SSSR count). The Hall–Kier alpha value is -1.29.